The van der Waals surface area contributed by atoms with Crippen molar-refractivity contribution in [3.63, 3.8) is 0 Å². The maximum Gasteiger partial charge on any atom is 0.328 e. The van der Waals surface area contributed by atoms with E-state index in [1.54, 1.807) is 6.92 Å². The second-order valence-electron chi connectivity index (χ2n) is 6.09. The van der Waals surface area contributed by atoms with Crippen molar-refractivity contribution in [3.8, 4) is 0 Å². The highest BCUT2D eigenvalue weighted by atomic mass is 16.3. The summed E-state index contributed by atoms with van der Waals surface area (Å²) in [6.07, 6.45) is 0.658. The van der Waals surface area contributed by atoms with E-state index < -0.39 is 0 Å². The van der Waals surface area contributed by atoms with Gasteiger partial charge in [0.1, 0.15) is 0 Å². The number of rotatable bonds is 8. The van der Waals surface area contributed by atoms with Gasteiger partial charge in [-0.05, 0) is 25.8 Å². The quantitative estimate of drug-likeness (QED) is 0.757. The van der Waals surface area contributed by atoms with E-state index in [0.29, 0.717) is 31.7 Å². The van der Waals surface area contributed by atoms with Gasteiger partial charge in [-0.3, -0.25) is 14.3 Å². The maximum atomic E-state index is 12.0. The summed E-state index contributed by atoms with van der Waals surface area (Å²) in [5.41, 5.74) is 2.28. The lowest BCUT2D eigenvalue weighted by Crippen LogP contribution is -2.39. The van der Waals surface area contributed by atoms with Crippen LogP contribution in [0.2, 0.25) is 0 Å². The number of aliphatic hydroxyl groups excluding tert-OH is 1. The Balaban J connectivity index is 2.07. The standard InChI is InChI=1S/C18H25N3O3/c1-14-4-6-16(7-5-14)13-20(8-3-11-22)9-10-21-17(23)12-15(2)19-18(21)24/h4-7,12,22H,3,8-11,13H2,1-2H3,(H,19,24). The molecule has 2 rings (SSSR count). The average molecular weight is 331 g/mol. The minimum atomic E-state index is -0.377. The zero-order valence-corrected chi connectivity index (χ0v) is 14.3. The normalized spacial score (nSPS) is 11.2. The zero-order valence-electron chi connectivity index (χ0n) is 14.3. The molecule has 24 heavy (non-hydrogen) atoms. The van der Waals surface area contributed by atoms with Gasteiger partial charge in [-0.1, -0.05) is 29.8 Å². The largest absolute Gasteiger partial charge is 0.396 e. The molecule has 0 fully saturated rings. The highest BCUT2D eigenvalue weighted by Crippen LogP contribution is 2.07. The lowest BCUT2D eigenvalue weighted by Gasteiger charge is -2.22. The molecule has 0 aliphatic rings. The lowest BCUT2D eigenvalue weighted by atomic mass is 10.1. The Morgan fingerprint density at radius 1 is 1.12 bits per heavy atom. The number of nitrogens with zero attached hydrogens (tertiary/aromatic N) is 2. The van der Waals surface area contributed by atoms with Crippen LogP contribution >= 0.6 is 0 Å². The number of benzene rings is 1. The molecule has 0 radical (unpaired) electrons. The predicted molar refractivity (Wildman–Crippen MR) is 94.2 cm³/mol. The summed E-state index contributed by atoms with van der Waals surface area (Å²) >= 11 is 0. The Hall–Kier alpha value is -2.18. The summed E-state index contributed by atoms with van der Waals surface area (Å²) in [4.78, 5) is 28.7. The molecule has 6 heteroatoms. The van der Waals surface area contributed by atoms with Crippen LogP contribution in [0.15, 0.2) is 39.9 Å². The number of aromatic amines is 1. The van der Waals surface area contributed by atoms with E-state index in [1.165, 1.54) is 21.8 Å². The molecule has 130 valence electrons. The Morgan fingerprint density at radius 2 is 1.83 bits per heavy atom. The van der Waals surface area contributed by atoms with Crippen molar-refractivity contribution in [2.75, 3.05) is 19.7 Å². The van der Waals surface area contributed by atoms with E-state index in [1.807, 2.05) is 6.92 Å². The number of aliphatic hydroxyl groups is 1. The van der Waals surface area contributed by atoms with Crippen molar-refractivity contribution in [2.45, 2.75) is 33.4 Å². The molecule has 0 bridgehead atoms. The molecule has 0 unspecified atom stereocenters. The molecule has 2 aromatic rings. The minimum Gasteiger partial charge on any atom is -0.396 e. The van der Waals surface area contributed by atoms with Crippen LogP contribution < -0.4 is 11.2 Å². The molecule has 1 heterocycles. The van der Waals surface area contributed by atoms with Crippen LogP contribution in [0.4, 0.5) is 0 Å². The van der Waals surface area contributed by atoms with Crippen LogP contribution in [0, 0.1) is 13.8 Å². The summed E-state index contributed by atoms with van der Waals surface area (Å²) in [6.45, 7) is 6.18. The van der Waals surface area contributed by atoms with E-state index in [4.69, 9.17) is 5.11 Å². The Morgan fingerprint density at radius 3 is 2.46 bits per heavy atom. The molecule has 2 N–H and O–H groups in total. The first-order valence-corrected chi connectivity index (χ1v) is 8.19. The van der Waals surface area contributed by atoms with Gasteiger partial charge in [0.15, 0.2) is 0 Å². The Kier molecular flexibility index (Phi) is 6.52. The van der Waals surface area contributed by atoms with Crippen LogP contribution in [0.1, 0.15) is 23.2 Å². The fourth-order valence-corrected chi connectivity index (χ4v) is 2.60. The van der Waals surface area contributed by atoms with Gasteiger partial charge in [0.25, 0.3) is 5.56 Å². The van der Waals surface area contributed by atoms with Gasteiger partial charge >= 0.3 is 5.69 Å². The molecule has 1 aromatic carbocycles. The van der Waals surface area contributed by atoms with Crippen LogP contribution in [0.25, 0.3) is 0 Å². The Bertz CT molecular complexity index is 731. The third-order valence-corrected chi connectivity index (χ3v) is 3.95. The summed E-state index contributed by atoms with van der Waals surface area (Å²) < 4.78 is 1.22. The number of hydrogen-bond acceptors (Lipinski definition) is 4. The molecule has 6 nitrogen and oxygen atoms in total. The smallest absolute Gasteiger partial charge is 0.328 e. The first-order chi connectivity index (χ1) is 11.5. The van der Waals surface area contributed by atoms with Gasteiger partial charge in [-0.2, -0.15) is 0 Å². The summed E-state index contributed by atoms with van der Waals surface area (Å²) in [5, 5.41) is 9.08. The van der Waals surface area contributed by atoms with Crippen molar-refractivity contribution in [3.05, 3.63) is 68.0 Å². The van der Waals surface area contributed by atoms with Gasteiger partial charge in [-0.25, -0.2) is 4.79 Å². The molecule has 0 aliphatic carbocycles. The summed E-state index contributed by atoms with van der Waals surface area (Å²) in [7, 11) is 0. The van der Waals surface area contributed by atoms with E-state index >= 15 is 0 Å². The fourth-order valence-electron chi connectivity index (χ4n) is 2.60. The molecule has 0 amide bonds. The van der Waals surface area contributed by atoms with E-state index in [2.05, 4.69) is 34.1 Å². The molecule has 0 aliphatic heterocycles. The highest BCUT2D eigenvalue weighted by molar-refractivity contribution is 5.21. The van der Waals surface area contributed by atoms with E-state index in [9.17, 15) is 9.59 Å². The predicted octanol–water partition coefficient (Wildman–Crippen LogP) is 1.04. The summed E-state index contributed by atoms with van der Waals surface area (Å²) in [6, 6.07) is 9.71. The molecular weight excluding hydrogens is 306 g/mol. The van der Waals surface area contributed by atoms with Crippen molar-refractivity contribution >= 4 is 0 Å². The topological polar surface area (TPSA) is 78.3 Å². The molecule has 0 saturated heterocycles. The van der Waals surface area contributed by atoms with Gasteiger partial charge in [-0.15, -0.1) is 0 Å². The van der Waals surface area contributed by atoms with Gasteiger partial charge in [0, 0.05) is 44.5 Å². The van der Waals surface area contributed by atoms with E-state index in [-0.39, 0.29) is 17.9 Å². The Labute approximate surface area is 141 Å². The second kappa shape index (κ2) is 8.61. The van der Waals surface area contributed by atoms with Crippen LogP contribution in [-0.2, 0) is 13.1 Å². The number of H-pyrrole nitrogens is 1. The third kappa shape index (κ3) is 5.18. The average Bonchev–Trinajstić information content (AvgIpc) is 2.53. The number of nitrogens with one attached hydrogen (secondary N) is 1. The molecular formula is C18H25N3O3. The van der Waals surface area contributed by atoms with Gasteiger partial charge in [0.05, 0.1) is 0 Å². The maximum absolute atomic E-state index is 12.0. The van der Waals surface area contributed by atoms with Crippen molar-refractivity contribution < 1.29 is 5.11 Å². The van der Waals surface area contributed by atoms with Crippen LogP contribution in [0.3, 0.4) is 0 Å². The van der Waals surface area contributed by atoms with Crippen LogP contribution in [-0.4, -0.2) is 39.3 Å². The minimum absolute atomic E-state index is 0.120. The number of hydrogen-bond donors (Lipinski definition) is 2. The lowest BCUT2D eigenvalue weighted by molar-refractivity contribution is 0.211. The van der Waals surface area contributed by atoms with Crippen molar-refractivity contribution in [1.82, 2.24) is 14.5 Å². The zero-order chi connectivity index (χ0) is 17.5. The first kappa shape index (κ1) is 18.2. The highest BCUT2D eigenvalue weighted by Gasteiger charge is 2.09. The molecule has 0 atom stereocenters. The molecule has 0 saturated carbocycles. The SMILES string of the molecule is Cc1ccc(CN(CCCO)CCn2c(=O)cc(C)[nH]c2=O)cc1. The van der Waals surface area contributed by atoms with Crippen molar-refractivity contribution in [1.29, 1.82) is 0 Å². The van der Waals surface area contributed by atoms with Crippen LogP contribution in [0.5, 0.6) is 0 Å². The number of aromatic nitrogens is 2. The summed E-state index contributed by atoms with van der Waals surface area (Å²) in [5.74, 6) is 0. The first-order valence-electron chi connectivity index (χ1n) is 8.19. The number of aryl methyl sites for hydroxylation is 2. The molecule has 1 aromatic heterocycles. The second-order valence-corrected chi connectivity index (χ2v) is 6.09. The molecule has 0 spiro atoms. The van der Waals surface area contributed by atoms with E-state index in [0.717, 1.165) is 6.54 Å². The van der Waals surface area contributed by atoms with Gasteiger partial charge < -0.3 is 10.1 Å². The fraction of sp³-hybridized carbons (Fsp3) is 0.444. The monoisotopic (exact) mass is 331 g/mol. The van der Waals surface area contributed by atoms with Gasteiger partial charge in [0.2, 0.25) is 0 Å². The third-order valence-electron chi connectivity index (χ3n) is 3.95. The van der Waals surface area contributed by atoms with Crippen molar-refractivity contribution in [2.24, 2.45) is 0 Å².